The Balaban J connectivity index is 1.71. The van der Waals surface area contributed by atoms with Crippen molar-refractivity contribution < 1.29 is 23.8 Å². The minimum Gasteiger partial charge on any atom is -0.469 e. The summed E-state index contributed by atoms with van der Waals surface area (Å²) in [7, 11) is 1.37. The van der Waals surface area contributed by atoms with Crippen LogP contribution in [0.4, 0.5) is 4.39 Å². The van der Waals surface area contributed by atoms with E-state index in [9.17, 15) is 19.1 Å². The maximum atomic E-state index is 12.8. The van der Waals surface area contributed by atoms with Gasteiger partial charge in [0.25, 0.3) is 0 Å². The van der Waals surface area contributed by atoms with E-state index >= 15 is 0 Å². The molecule has 1 aliphatic carbocycles. The molecule has 0 spiro atoms. The topological polar surface area (TPSA) is 75.6 Å². The van der Waals surface area contributed by atoms with Crippen LogP contribution in [0.1, 0.15) is 37.7 Å². The van der Waals surface area contributed by atoms with E-state index in [2.05, 4.69) is 5.32 Å². The van der Waals surface area contributed by atoms with Crippen LogP contribution in [0.3, 0.4) is 0 Å². The number of carbonyl (C=O) groups excluding carboxylic acids is 2. The summed E-state index contributed by atoms with van der Waals surface area (Å²) in [6.45, 7) is 0.184. The first-order chi connectivity index (χ1) is 11.4. The predicted octanol–water partition coefficient (Wildman–Crippen LogP) is 1.97. The number of esters is 1. The number of hydrogen-bond acceptors (Lipinski definition) is 4. The molecular weight excluding hydrogens is 313 g/mol. The Morgan fingerprint density at radius 3 is 2.50 bits per heavy atom. The molecule has 1 aromatic carbocycles. The van der Waals surface area contributed by atoms with Gasteiger partial charge < -0.3 is 15.2 Å². The van der Waals surface area contributed by atoms with E-state index in [0.717, 1.165) is 5.56 Å². The summed E-state index contributed by atoms with van der Waals surface area (Å²) in [4.78, 5) is 23.4. The fraction of sp³-hybridized carbons (Fsp3) is 0.556. The lowest BCUT2D eigenvalue weighted by atomic mass is 9.79. The molecule has 5 nitrogen and oxygen atoms in total. The first-order valence-electron chi connectivity index (χ1n) is 8.23. The SMILES string of the molecule is COC(=O)C1CCC(O)(CNC(=O)CCc2ccc(F)cc2)CC1. The summed E-state index contributed by atoms with van der Waals surface area (Å²) >= 11 is 0. The van der Waals surface area contributed by atoms with Crippen LogP contribution < -0.4 is 5.32 Å². The summed E-state index contributed by atoms with van der Waals surface area (Å²) < 4.78 is 17.5. The van der Waals surface area contributed by atoms with Gasteiger partial charge in [-0.1, -0.05) is 12.1 Å². The number of hydrogen-bond donors (Lipinski definition) is 2. The van der Waals surface area contributed by atoms with E-state index in [-0.39, 0.29) is 36.6 Å². The zero-order valence-electron chi connectivity index (χ0n) is 13.9. The van der Waals surface area contributed by atoms with E-state index in [0.29, 0.717) is 32.1 Å². The van der Waals surface area contributed by atoms with Crippen molar-refractivity contribution in [2.24, 2.45) is 5.92 Å². The molecule has 0 atom stereocenters. The molecule has 1 aromatic rings. The molecular formula is C18H24FNO4. The first-order valence-corrected chi connectivity index (χ1v) is 8.23. The Hall–Kier alpha value is -1.95. The van der Waals surface area contributed by atoms with Crippen molar-refractivity contribution >= 4 is 11.9 Å². The number of ether oxygens (including phenoxy) is 1. The van der Waals surface area contributed by atoms with E-state index < -0.39 is 5.60 Å². The lowest BCUT2D eigenvalue weighted by molar-refractivity contribution is -0.148. The maximum absolute atomic E-state index is 12.8. The summed E-state index contributed by atoms with van der Waals surface area (Å²) in [6, 6.07) is 6.06. The second kappa shape index (κ2) is 8.24. The minimum absolute atomic E-state index is 0.150. The molecule has 0 radical (unpaired) electrons. The molecule has 0 heterocycles. The highest BCUT2D eigenvalue weighted by atomic mass is 19.1. The van der Waals surface area contributed by atoms with Crippen molar-refractivity contribution in [1.29, 1.82) is 0 Å². The van der Waals surface area contributed by atoms with Crippen LogP contribution >= 0.6 is 0 Å². The molecule has 0 saturated heterocycles. The fourth-order valence-electron chi connectivity index (χ4n) is 2.99. The van der Waals surface area contributed by atoms with Crippen LogP contribution in [0.5, 0.6) is 0 Å². The highest BCUT2D eigenvalue weighted by Gasteiger charge is 2.36. The van der Waals surface area contributed by atoms with Gasteiger partial charge in [-0.3, -0.25) is 9.59 Å². The van der Waals surface area contributed by atoms with Gasteiger partial charge in [0.15, 0.2) is 0 Å². The molecule has 0 aliphatic heterocycles. The molecule has 1 amide bonds. The summed E-state index contributed by atoms with van der Waals surface area (Å²) in [5.74, 6) is -0.847. The van der Waals surface area contributed by atoms with Crippen LogP contribution in [0.15, 0.2) is 24.3 Å². The van der Waals surface area contributed by atoms with E-state index in [1.165, 1.54) is 19.2 Å². The van der Waals surface area contributed by atoms with E-state index in [1.54, 1.807) is 12.1 Å². The van der Waals surface area contributed by atoms with Crippen molar-refractivity contribution in [3.05, 3.63) is 35.6 Å². The average molecular weight is 337 g/mol. The number of carbonyl (C=O) groups is 2. The third-order valence-corrected chi connectivity index (χ3v) is 4.62. The molecule has 0 unspecified atom stereocenters. The Kier molecular flexibility index (Phi) is 6.31. The van der Waals surface area contributed by atoms with E-state index in [4.69, 9.17) is 4.74 Å². The number of methoxy groups -OCH3 is 1. The molecule has 1 fully saturated rings. The zero-order chi connectivity index (χ0) is 17.6. The number of nitrogens with one attached hydrogen (secondary N) is 1. The standard InChI is InChI=1S/C18H24FNO4/c1-24-17(22)14-8-10-18(23,11-9-14)12-20-16(21)7-4-13-2-5-15(19)6-3-13/h2-3,5-6,14,23H,4,7-12H2,1H3,(H,20,21). The Morgan fingerprint density at radius 1 is 1.29 bits per heavy atom. The van der Waals surface area contributed by atoms with Crippen molar-refractivity contribution in [3.8, 4) is 0 Å². The van der Waals surface area contributed by atoms with Gasteiger partial charge in [0.2, 0.25) is 5.91 Å². The van der Waals surface area contributed by atoms with Crippen LogP contribution in [0.2, 0.25) is 0 Å². The zero-order valence-corrected chi connectivity index (χ0v) is 13.9. The lowest BCUT2D eigenvalue weighted by Gasteiger charge is -2.35. The number of aliphatic hydroxyl groups is 1. The first kappa shape index (κ1) is 18.4. The van der Waals surface area contributed by atoms with Gasteiger partial charge in [0.05, 0.1) is 18.6 Å². The molecule has 132 valence electrons. The van der Waals surface area contributed by atoms with Crippen molar-refractivity contribution in [1.82, 2.24) is 5.32 Å². The molecule has 0 bridgehead atoms. The number of amides is 1. The predicted molar refractivity (Wildman–Crippen MR) is 86.7 cm³/mol. The third-order valence-electron chi connectivity index (χ3n) is 4.62. The Bertz CT molecular complexity index is 565. The van der Waals surface area contributed by atoms with Gasteiger partial charge in [0, 0.05) is 13.0 Å². The monoisotopic (exact) mass is 337 g/mol. The van der Waals surface area contributed by atoms with Gasteiger partial charge in [-0.2, -0.15) is 0 Å². The van der Waals surface area contributed by atoms with Crippen molar-refractivity contribution in [2.45, 2.75) is 44.1 Å². The van der Waals surface area contributed by atoms with Crippen molar-refractivity contribution in [3.63, 3.8) is 0 Å². The van der Waals surface area contributed by atoms with Gasteiger partial charge in [-0.15, -0.1) is 0 Å². The van der Waals surface area contributed by atoms with Gasteiger partial charge in [-0.05, 0) is 49.8 Å². The number of benzene rings is 1. The lowest BCUT2D eigenvalue weighted by Crippen LogP contribution is -2.46. The highest BCUT2D eigenvalue weighted by Crippen LogP contribution is 2.32. The number of halogens is 1. The van der Waals surface area contributed by atoms with Crippen LogP contribution in [0.25, 0.3) is 0 Å². The molecule has 6 heteroatoms. The van der Waals surface area contributed by atoms with Crippen LogP contribution in [0, 0.1) is 11.7 Å². The quantitative estimate of drug-likeness (QED) is 0.778. The molecule has 24 heavy (non-hydrogen) atoms. The molecule has 2 rings (SSSR count). The molecule has 0 aromatic heterocycles. The molecule has 1 saturated carbocycles. The smallest absolute Gasteiger partial charge is 0.308 e. The van der Waals surface area contributed by atoms with Gasteiger partial charge in [-0.25, -0.2) is 4.39 Å². The largest absolute Gasteiger partial charge is 0.469 e. The second-order valence-electron chi connectivity index (χ2n) is 6.42. The third kappa shape index (κ3) is 5.30. The van der Waals surface area contributed by atoms with Gasteiger partial charge >= 0.3 is 5.97 Å². The average Bonchev–Trinajstić information content (AvgIpc) is 2.59. The molecule has 2 N–H and O–H groups in total. The Morgan fingerprint density at radius 2 is 1.92 bits per heavy atom. The van der Waals surface area contributed by atoms with E-state index in [1.807, 2.05) is 0 Å². The summed E-state index contributed by atoms with van der Waals surface area (Å²) in [6.07, 6.45) is 2.86. The van der Waals surface area contributed by atoms with Crippen molar-refractivity contribution in [2.75, 3.05) is 13.7 Å². The number of rotatable bonds is 6. The fourth-order valence-corrected chi connectivity index (χ4v) is 2.99. The minimum atomic E-state index is -0.962. The highest BCUT2D eigenvalue weighted by molar-refractivity contribution is 5.76. The number of aryl methyl sites for hydroxylation is 1. The van der Waals surface area contributed by atoms with Crippen LogP contribution in [-0.2, 0) is 20.7 Å². The van der Waals surface area contributed by atoms with Gasteiger partial charge in [0.1, 0.15) is 5.82 Å². The summed E-state index contributed by atoms with van der Waals surface area (Å²) in [5, 5.41) is 13.3. The van der Waals surface area contributed by atoms with Crippen LogP contribution in [-0.4, -0.2) is 36.2 Å². The second-order valence-corrected chi connectivity index (χ2v) is 6.42. The molecule has 1 aliphatic rings. The normalized spacial score (nSPS) is 23.5. The maximum Gasteiger partial charge on any atom is 0.308 e. The summed E-state index contributed by atoms with van der Waals surface area (Å²) in [5.41, 5.74) is -0.0698. The Labute approximate surface area is 141 Å².